The molecule has 1 saturated heterocycles. The topological polar surface area (TPSA) is 102 Å². The summed E-state index contributed by atoms with van der Waals surface area (Å²) in [7, 11) is 0. The lowest BCUT2D eigenvalue weighted by atomic mass is 9.55. The number of rotatable bonds is 7. The molecule has 3 aromatic rings. The molecule has 0 saturated carbocycles. The number of hydrogen-bond acceptors (Lipinski definition) is 6. The number of benzene rings is 3. The summed E-state index contributed by atoms with van der Waals surface area (Å²) in [4.78, 5) is 53.9. The smallest absolute Gasteiger partial charge is 0.329 e. The lowest BCUT2D eigenvalue weighted by molar-refractivity contribution is -0.159. The molecule has 1 heterocycles. The van der Waals surface area contributed by atoms with Gasteiger partial charge in [0, 0.05) is 17.5 Å². The van der Waals surface area contributed by atoms with E-state index >= 15 is 0 Å². The highest BCUT2D eigenvalue weighted by atomic mass is 16.5. The van der Waals surface area contributed by atoms with Crippen molar-refractivity contribution in [1.29, 1.82) is 0 Å². The lowest BCUT2D eigenvalue weighted by Gasteiger charge is -2.45. The Hall–Kier alpha value is -4.46. The Kier molecular flexibility index (Phi) is 6.17. The quantitative estimate of drug-likeness (QED) is 0.372. The van der Waals surface area contributed by atoms with Gasteiger partial charge in [0.25, 0.3) is 5.91 Å². The van der Waals surface area contributed by atoms with Crippen molar-refractivity contribution in [1.82, 2.24) is 4.90 Å². The number of hydrogen-bond donors (Lipinski definition) is 1. The molecule has 0 unspecified atom stereocenters. The molecule has 8 nitrogen and oxygen atoms in total. The molecule has 3 aliphatic carbocycles. The van der Waals surface area contributed by atoms with Crippen molar-refractivity contribution in [2.45, 2.75) is 31.7 Å². The maximum atomic E-state index is 13.8. The molecule has 3 amide bonds. The van der Waals surface area contributed by atoms with E-state index in [4.69, 9.17) is 9.47 Å². The number of nitrogens with zero attached hydrogens (tertiary/aromatic N) is 1. The second-order valence-corrected chi connectivity index (χ2v) is 10.1. The Bertz CT molecular complexity index is 1370. The lowest BCUT2D eigenvalue weighted by Crippen LogP contribution is -2.45. The van der Waals surface area contributed by atoms with Crippen molar-refractivity contribution in [2.75, 3.05) is 18.5 Å². The molecule has 1 N–H and O–H groups in total. The van der Waals surface area contributed by atoms with Gasteiger partial charge >= 0.3 is 5.97 Å². The van der Waals surface area contributed by atoms with Gasteiger partial charge in [-0.25, -0.2) is 4.79 Å². The van der Waals surface area contributed by atoms with Gasteiger partial charge < -0.3 is 14.8 Å². The molecule has 0 spiro atoms. The Balaban J connectivity index is 1.17. The van der Waals surface area contributed by atoms with Gasteiger partial charge in [-0.15, -0.1) is 0 Å². The first-order valence-electron chi connectivity index (χ1n) is 13.1. The predicted molar refractivity (Wildman–Crippen MR) is 142 cm³/mol. The van der Waals surface area contributed by atoms with E-state index in [2.05, 4.69) is 5.32 Å². The van der Waals surface area contributed by atoms with Crippen LogP contribution in [0.3, 0.4) is 0 Å². The van der Waals surface area contributed by atoms with Gasteiger partial charge in [0.15, 0.2) is 6.61 Å². The summed E-state index contributed by atoms with van der Waals surface area (Å²) in [6.45, 7) is 3.35. The third kappa shape index (κ3) is 3.98. The van der Waals surface area contributed by atoms with Gasteiger partial charge in [-0.05, 0) is 60.4 Å². The van der Waals surface area contributed by atoms with Crippen LogP contribution in [0.25, 0.3) is 0 Å². The molecule has 0 aromatic heterocycles. The molecule has 1 fully saturated rings. The summed E-state index contributed by atoms with van der Waals surface area (Å²) in [5.41, 5.74) is 4.77. The number of ether oxygens (including phenoxy) is 2. The fraction of sp³-hybridized carbons (Fsp3) is 0.290. The largest absolute Gasteiger partial charge is 0.494 e. The van der Waals surface area contributed by atoms with Crippen LogP contribution in [0.2, 0.25) is 0 Å². The van der Waals surface area contributed by atoms with E-state index in [1.54, 1.807) is 24.3 Å². The van der Waals surface area contributed by atoms with Crippen LogP contribution < -0.4 is 10.1 Å². The molecule has 2 bridgehead atoms. The van der Waals surface area contributed by atoms with Crippen molar-refractivity contribution in [3.8, 4) is 5.75 Å². The van der Waals surface area contributed by atoms with E-state index in [1.165, 1.54) is 6.92 Å². The van der Waals surface area contributed by atoms with Crippen LogP contribution in [-0.4, -0.2) is 47.8 Å². The van der Waals surface area contributed by atoms with Crippen LogP contribution in [0.4, 0.5) is 5.69 Å². The summed E-state index contributed by atoms with van der Waals surface area (Å²) in [5.74, 6) is -3.06. The minimum Gasteiger partial charge on any atom is -0.494 e. The SMILES string of the molecule is CCOc1ccc(NC(=O)COC(=O)[C@H](C)N2C(=O)[C@@H]3C4c5ccccc5C(c5ccccc54)[C@@H]3C2=O)cc1. The molecule has 4 aliphatic rings. The first kappa shape index (κ1) is 24.9. The molecular formula is C31H28N2O6. The molecule has 3 atom stereocenters. The standard InChI is InChI=1S/C31H28N2O6/c1-3-38-19-14-12-18(13-15-19)32-24(34)16-39-31(37)17(2)33-29(35)27-25-20-8-4-5-9-21(20)26(28(27)30(33)36)23-11-7-6-10-22(23)25/h4-15,17,25-28H,3,16H2,1-2H3,(H,32,34)/t17-,25?,26?,27-,28+/m0/s1. The highest BCUT2D eigenvalue weighted by molar-refractivity contribution is 6.10. The number of esters is 1. The van der Waals surface area contributed by atoms with Crippen molar-refractivity contribution in [3.05, 3.63) is 95.1 Å². The van der Waals surface area contributed by atoms with Gasteiger partial charge in [-0.1, -0.05) is 48.5 Å². The average Bonchev–Trinajstić information content (AvgIpc) is 3.22. The summed E-state index contributed by atoms with van der Waals surface area (Å²) in [6.07, 6.45) is 0. The second-order valence-electron chi connectivity index (χ2n) is 10.1. The minimum atomic E-state index is -1.15. The van der Waals surface area contributed by atoms with Crippen LogP contribution in [0.5, 0.6) is 5.75 Å². The average molecular weight is 525 g/mol. The van der Waals surface area contributed by atoms with Crippen molar-refractivity contribution >= 4 is 29.4 Å². The summed E-state index contributed by atoms with van der Waals surface area (Å²) in [5, 5.41) is 2.65. The van der Waals surface area contributed by atoms with Crippen LogP contribution in [-0.2, 0) is 23.9 Å². The van der Waals surface area contributed by atoms with Crippen LogP contribution in [0.15, 0.2) is 72.8 Å². The first-order chi connectivity index (χ1) is 18.9. The van der Waals surface area contributed by atoms with Crippen molar-refractivity contribution in [3.63, 3.8) is 0 Å². The van der Waals surface area contributed by atoms with E-state index in [9.17, 15) is 19.2 Å². The van der Waals surface area contributed by atoms with Gasteiger partial charge in [-0.3, -0.25) is 19.3 Å². The molecule has 7 rings (SSSR count). The number of carbonyl (C=O) groups excluding carboxylic acids is 4. The molecule has 1 aliphatic heterocycles. The number of nitrogens with one attached hydrogen (secondary N) is 1. The van der Waals surface area contributed by atoms with E-state index in [0.717, 1.165) is 27.2 Å². The highest BCUT2D eigenvalue weighted by Crippen LogP contribution is 2.61. The predicted octanol–water partition coefficient (Wildman–Crippen LogP) is 3.85. The molecule has 198 valence electrons. The number of anilines is 1. The van der Waals surface area contributed by atoms with Gasteiger partial charge in [0.05, 0.1) is 18.4 Å². The van der Waals surface area contributed by atoms with Gasteiger partial charge in [-0.2, -0.15) is 0 Å². The summed E-state index contributed by atoms with van der Waals surface area (Å²) < 4.78 is 10.6. The minimum absolute atomic E-state index is 0.253. The Morgan fingerprint density at radius 3 is 1.77 bits per heavy atom. The Morgan fingerprint density at radius 1 is 0.821 bits per heavy atom. The number of amides is 3. The van der Waals surface area contributed by atoms with E-state index in [0.29, 0.717) is 18.0 Å². The molecule has 8 heteroatoms. The zero-order valence-corrected chi connectivity index (χ0v) is 21.6. The second kappa shape index (κ2) is 9.69. The number of carbonyl (C=O) groups is 4. The first-order valence-corrected chi connectivity index (χ1v) is 13.1. The van der Waals surface area contributed by atoms with Gasteiger partial charge in [0.1, 0.15) is 11.8 Å². The van der Waals surface area contributed by atoms with Crippen LogP contribution >= 0.6 is 0 Å². The van der Waals surface area contributed by atoms with E-state index < -0.39 is 36.4 Å². The molecular weight excluding hydrogens is 496 g/mol. The zero-order chi connectivity index (χ0) is 27.3. The normalized spacial score (nSPS) is 23.0. The Morgan fingerprint density at radius 2 is 1.31 bits per heavy atom. The van der Waals surface area contributed by atoms with Crippen molar-refractivity contribution < 1.29 is 28.7 Å². The molecule has 3 aromatic carbocycles. The fourth-order valence-electron chi connectivity index (χ4n) is 6.44. The summed E-state index contributed by atoms with van der Waals surface area (Å²) >= 11 is 0. The van der Waals surface area contributed by atoms with Crippen LogP contribution in [0, 0.1) is 11.8 Å². The third-order valence-corrected chi connectivity index (χ3v) is 8.01. The fourth-order valence-corrected chi connectivity index (χ4v) is 6.44. The Labute approximate surface area is 225 Å². The number of imide groups is 1. The van der Waals surface area contributed by atoms with Gasteiger partial charge in [0.2, 0.25) is 11.8 Å². The van der Waals surface area contributed by atoms with Crippen molar-refractivity contribution in [2.24, 2.45) is 11.8 Å². The maximum absolute atomic E-state index is 13.8. The monoisotopic (exact) mass is 524 g/mol. The van der Waals surface area contributed by atoms with Crippen LogP contribution in [0.1, 0.15) is 47.9 Å². The van der Waals surface area contributed by atoms with E-state index in [1.807, 2.05) is 55.5 Å². The molecule has 0 radical (unpaired) electrons. The summed E-state index contributed by atoms with van der Waals surface area (Å²) in [6, 6.07) is 21.6. The third-order valence-electron chi connectivity index (χ3n) is 8.01. The number of likely N-dealkylation sites (tertiary alicyclic amines) is 1. The van der Waals surface area contributed by atoms with E-state index in [-0.39, 0.29) is 23.7 Å². The highest BCUT2D eigenvalue weighted by Gasteiger charge is 2.62. The maximum Gasteiger partial charge on any atom is 0.329 e. The zero-order valence-electron chi connectivity index (χ0n) is 21.6. The molecule has 39 heavy (non-hydrogen) atoms.